The number of amides is 2. The van der Waals surface area contributed by atoms with Gasteiger partial charge in [0.25, 0.3) is 0 Å². The van der Waals surface area contributed by atoms with Gasteiger partial charge in [0.15, 0.2) is 4.96 Å². The number of rotatable bonds is 8. The van der Waals surface area contributed by atoms with Crippen LogP contribution in [0.25, 0.3) is 27.0 Å². The Kier molecular flexibility index (Phi) is 7.34. The molecule has 1 N–H and O–H groups in total. The van der Waals surface area contributed by atoms with Crippen molar-refractivity contribution >= 4 is 50.6 Å². The van der Waals surface area contributed by atoms with E-state index in [0.717, 1.165) is 39.6 Å². The Morgan fingerprint density at radius 1 is 0.949 bits per heavy atom. The Labute approximate surface area is 236 Å². The number of nitrogens with zero attached hydrogens (tertiary/aromatic N) is 3. The van der Waals surface area contributed by atoms with Gasteiger partial charge < -0.3 is 10.2 Å². The van der Waals surface area contributed by atoms with E-state index in [1.165, 1.54) is 15.7 Å². The summed E-state index contributed by atoms with van der Waals surface area (Å²) in [7, 11) is 0. The van der Waals surface area contributed by atoms with Crippen LogP contribution < -0.4 is 5.32 Å². The molecule has 0 atom stereocenters. The van der Waals surface area contributed by atoms with Gasteiger partial charge in [0.05, 0.1) is 5.69 Å². The van der Waals surface area contributed by atoms with Gasteiger partial charge >= 0.3 is 6.03 Å². The van der Waals surface area contributed by atoms with Crippen LogP contribution in [0.15, 0.2) is 114 Å². The fraction of sp³-hybridized carbons (Fsp3) is 0.125. The van der Waals surface area contributed by atoms with E-state index in [1.54, 1.807) is 23.1 Å². The fourth-order valence-electron chi connectivity index (χ4n) is 4.68. The van der Waals surface area contributed by atoms with Crippen LogP contribution in [0, 0.1) is 0 Å². The molecule has 6 aromatic rings. The van der Waals surface area contributed by atoms with E-state index < -0.39 is 0 Å². The molecule has 0 radical (unpaired) electrons. The first kappa shape index (κ1) is 25.2. The van der Waals surface area contributed by atoms with Crippen LogP contribution in [-0.2, 0) is 13.0 Å². The minimum absolute atomic E-state index is 0.107. The minimum Gasteiger partial charge on any atom is -0.320 e. The van der Waals surface area contributed by atoms with Crippen LogP contribution in [0.2, 0.25) is 0 Å². The van der Waals surface area contributed by atoms with E-state index in [4.69, 9.17) is 4.98 Å². The molecule has 0 saturated heterocycles. The zero-order chi connectivity index (χ0) is 26.6. The molecule has 5 nitrogen and oxygen atoms in total. The molecule has 4 aromatic carbocycles. The van der Waals surface area contributed by atoms with E-state index in [2.05, 4.69) is 75.9 Å². The predicted octanol–water partition coefficient (Wildman–Crippen LogP) is 8.21. The van der Waals surface area contributed by atoms with Crippen molar-refractivity contribution in [2.75, 3.05) is 18.1 Å². The molecule has 0 aliphatic carbocycles. The van der Waals surface area contributed by atoms with Gasteiger partial charge in [-0.1, -0.05) is 66.7 Å². The van der Waals surface area contributed by atoms with Crippen molar-refractivity contribution in [1.29, 1.82) is 0 Å². The van der Waals surface area contributed by atoms with Crippen molar-refractivity contribution in [2.24, 2.45) is 0 Å². The summed E-state index contributed by atoms with van der Waals surface area (Å²) in [5.74, 6) is 0. The lowest BCUT2D eigenvalue weighted by atomic mass is 10.1. The molecule has 0 fully saturated rings. The number of carbonyl (C=O) groups excluding carboxylic acids is 1. The van der Waals surface area contributed by atoms with E-state index in [0.29, 0.717) is 13.1 Å². The zero-order valence-corrected chi connectivity index (χ0v) is 23.2. The zero-order valence-electron chi connectivity index (χ0n) is 21.6. The van der Waals surface area contributed by atoms with Crippen molar-refractivity contribution in [3.63, 3.8) is 0 Å². The maximum Gasteiger partial charge on any atom is 0.322 e. The highest BCUT2D eigenvalue weighted by atomic mass is 32.2. The lowest BCUT2D eigenvalue weighted by Gasteiger charge is -2.23. The third-order valence-corrected chi connectivity index (χ3v) is 8.44. The number of carbonyl (C=O) groups is 1. The number of fused-ring (bicyclic) bond motifs is 2. The second-order valence-corrected chi connectivity index (χ2v) is 11.1. The largest absolute Gasteiger partial charge is 0.322 e. The maximum atomic E-state index is 13.4. The SMILES string of the molecule is CSc1ccc(NC(=O)N(CCc2csc3nc(-c4ccc5ccccc5c4)cn23)Cc2ccccc2)cc1. The highest BCUT2D eigenvalue weighted by molar-refractivity contribution is 7.98. The first-order chi connectivity index (χ1) is 19.2. The number of hydrogen-bond acceptors (Lipinski definition) is 4. The fourth-order valence-corrected chi connectivity index (χ4v) is 6.00. The van der Waals surface area contributed by atoms with Crippen LogP contribution in [-0.4, -0.2) is 33.1 Å². The summed E-state index contributed by atoms with van der Waals surface area (Å²) in [5.41, 5.74) is 5.10. The summed E-state index contributed by atoms with van der Waals surface area (Å²) in [6, 6.07) is 32.8. The van der Waals surface area contributed by atoms with Gasteiger partial charge in [-0.05, 0) is 52.9 Å². The molecule has 0 spiro atoms. The number of anilines is 1. The van der Waals surface area contributed by atoms with E-state index in [1.807, 2.05) is 53.6 Å². The molecule has 0 saturated carbocycles. The van der Waals surface area contributed by atoms with Crippen molar-refractivity contribution < 1.29 is 4.79 Å². The second kappa shape index (κ2) is 11.4. The number of benzene rings is 4. The molecule has 194 valence electrons. The van der Waals surface area contributed by atoms with Crippen LogP contribution in [0.1, 0.15) is 11.3 Å². The normalized spacial score (nSPS) is 11.2. The van der Waals surface area contributed by atoms with Crippen molar-refractivity contribution in [3.05, 3.63) is 120 Å². The number of hydrogen-bond donors (Lipinski definition) is 1. The van der Waals surface area contributed by atoms with Crippen LogP contribution in [0.4, 0.5) is 10.5 Å². The van der Waals surface area contributed by atoms with Gasteiger partial charge in [-0.25, -0.2) is 9.78 Å². The summed E-state index contributed by atoms with van der Waals surface area (Å²) >= 11 is 3.32. The predicted molar refractivity (Wildman–Crippen MR) is 164 cm³/mol. The molecule has 2 aromatic heterocycles. The van der Waals surface area contributed by atoms with E-state index in [9.17, 15) is 4.79 Å². The highest BCUT2D eigenvalue weighted by Crippen LogP contribution is 2.27. The standard InChI is InChI=1S/C32H28N4OS2/c1-38-29-15-13-27(14-16-29)33-31(37)35(20-23-7-3-2-4-8-23)18-17-28-22-39-32-34-30(21-36(28)32)26-12-11-24-9-5-6-10-25(24)19-26/h2-16,19,21-22H,17-18,20H2,1H3,(H,33,37). The van der Waals surface area contributed by atoms with Gasteiger partial charge in [-0.15, -0.1) is 23.1 Å². The molecule has 0 bridgehead atoms. The molecule has 6 rings (SSSR count). The number of thiazole rings is 1. The summed E-state index contributed by atoms with van der Waals surface area (Å²) in [6.45, 7) is 1.12. The molecular weight excluding hydrogens is 521 g/mol. The average Bonchev–Trinajstić information content (AvgIpc) is 3.57. The monoisotopic (exact) mass is 548 g/mol. The molecule has 0 unspecified atom stereocenters. The number of nitrogens with one attached hydrogen (secondary N) is 1. The lowest BCUT2D eigenvalue weighted by molar-refractivity contribution is 0.209. The summed E-state index contributed by atoms with van der Waals surface area (Å²) in [4.78, 5) is 22.3. The lowest BCUT2D eigenvalue weighted by Crippen LogP contribution is -2.36. The Morgan fingerprint density at radius 2 is 1.72 bits per heavy atom. The highest BCUT2D eigenvalue weighted by Gasteiger charge is 2.17. The minimum atomic E-state index is -0.107. The van der Waals surface area contributed by atoms with E-state index >= 15 is 0 Å². The Balaban J connectivity index is 1.21. The maximum absolute atomic E-state index is 13.4. The average molecular weight is 549 g/mol. The Morgan fingerprint density at radius 3 is 2.51 bits per heavy atom. The number of aromatic nitrogens is 2. The molecule has 0 aliphatic rings. The molecule has 2 amide bonds. The third-order valence-electron chi connectivity index (χ3n) is 6.81. The second-order valence-electron chi connectivity index (χ2n) is 9.38. The molecule has 0 aliphatic heterocycles. The first-order valence-electron chi connectivity index (χ1n) is 12.8. The Hall–Kier alpha value is -4.07. The first-order valence-corrected chi connectivity index (χ1v) is 15.0. The molecule has 39 heavy (non-hydrogen) atoms. The smallest absolute Gasteiger partial charge is 0.320 e. The van der Waals surface area contributed by atoms with Gasteiger partial charge in [0.2, 0.25) is 0 Å². The van der Waals surface area contributed by atoms with Crippen LogP contribution in [0.3, 0.4) is 0 Å². The van der Waals surface area contributed by atoms with Crippen molar-refractivity contribution in [3.8, 4) is 11.3 Å². The number of urea groups is 1. The quantitative estimate of drug-likeness (QED) is 0.195. The van der Waals surface area contributed by atoms with Gasteiger partial charge in [0.1, 0.15) is 0 Å². The van der Waals surface area contributed by atoms with Crippen LogP contribution in [0.5, 0.6) is 0 Å². The summed E-state index contributed by atoms with van der Waals surface area (Å²) in [6.07, 6.45) is 4.88. The summed E-state index contributed by atoms with van der Waals surface area (Å²) in [5, 5.41) is 7.66. The van der Waals surface area contributed by atoms with Gasteiger partial charge in [-0.2, -0.15) is 0 Å². The summed E-state index contributed by atoms with van der Waals surface area (Å²) < 4.78 is 2.16. The van der Waals surface area contributed by atoms with Crippen LogP contribution >= 0.6 is 23.1 Å². The third kappa shape index (κ3) is 5.70. The molecule has 7 heteroatoms. The van der Waals surface area contributed by atoms with Gasteiger partial charge in [0, 0.05) is 52.9 Å². The molecular formula is C32H28N4OS2. The molecule has 2 heterocycles. The van der Waals surface area contributed by atoms with Crippen molar-refractivity contribution in [1.82, 2.24) is 14.3 Å². The number of imidazole rings is 1. The van der Waals surface area contributed by atoms with Crippen molar-refractivity contribution in [2.45, 2.75) is 17.9 Å². The number of thioether (sulfide) groups is 1. The van der Waals surface area contributed by atoms with E-state index in [-0.39, 0.29) is 6.03 Å². The topological polar surface area (TPSA) is 49.6 Å². The van der Waals surface area contributed by atoms with Gasteiger partial charge in [-0.3, -0.25) is 4.40 Å². The Bertz CT molecular complexity index is 1720.